The highest BCUT2D eigenvalue weighted by atomic mass is 16.6. The molecule has 7 heteroatoms. The zero-order valence-corrected chi connectivity index (χ0v) is 10.6. The lowest BCUT2D eigenvalue weighted by Crippen LogP contribution is -1.98. The lowest BCUT2D eigenvalue weighted by atomic mass is 10.3. The first-order valence-electron chi connectivity index (χ1n) is 5.83. The maximum atomic E-state index is 10.6. The summed E-state index contributed by atoms with van der Waals surface area (Å²) in [5.74, 6) is 0.702. The van der Waals surface area contributed by atoms with Crippen LogP contribution in [0.4, 0.5) is 5.69 Å². The first kappa shape index (κ1) is 12.1. The lowest BCUT2D eigenvalue weighted by molar-refractivity contribution is -0.384. The van der Waals surface area contributed by atoms with Crippen molar-refractivity contribution < 1.29 is 9.66 Å². The third kappa shape index (κ3) is 2.05. The molecular formula is C13H10N4O3. The Morgan fingerprint density at radius 1 is 1.10 bits per heavy atom. The van der Waals surface area contributed by atoms with Crippen LogP contribution in [-0.4, -0.2) is 27.0 Å². The number of methoxy groups -OCH3 is 1. The average Bonchev–Trinajstić information content (AvgIpc) is 2.90. The summed E-state index contributed by atoms with van der Waals surface area (Å²) >= 11 is 0. The molecule has 0 aliphatic carbocycles. The summed E-state index contributed by atoms with van der Waals surface area (Å²) in [7, 11) is 1.59. The van der Waals surface area contributed by atoms with Crippen LogP contribution < -0.4 is 4.74 Å². The average molecular weight is 270 g/mol. The molecule has 0 aliphatic heterocycles. The number of hydrogen-bond acceptors (Lipinski definition) is 5. The van der Waals surface area contributed by atoms with Gasteiger partial charge in [-0.2, -0.15) is 4.80 Å². The van der Waals surface area contributed by atoms with E-state index in [1.807, 2.05) is 6.07 Å². The fraction of sp³-hybridized carbons (Fsp3) is 0.0769. The highest BCUT2D eigenvalue weighted by Crippen LogP contribution is 2.19. The Labute approximate surface area is 113 Å². The van der Waals surface area contributed by atoms with Crippen LogP contribution in [0.15, 0.2) is 42.5 Å². The van der Waals surface area contributed by atoms with E-state index in [1.165, 1.54) is 16.9 Å². The van der Waals surface area contributed by atoms with Crippen molar-refractivity contribution in [2.75, 3.05) is 7.11 Å². The van der Waals surface area contributed by atoms with E-state index in [0.29, 0.717) is 17.0 Å². The van der Waals surface area contributed by atoms with Crippen LogP contribution in [0.25, 0.3) is 16.7 Å². The molecule has 0 fully saturated rings. The number of non-ortho nitro benzene ring substituents is 1. The maximum absolute atomic E-state index is 10.6. The molecule has 3 rings (SSSR count). The van der Waals surface area contributed by atoms with Gasteiger partial charge in [-0.1, -0.05) is 0 Å². The fourth-order valence-electron chi connectivity index (χ4n) is 1.84. The minimum atomic E-state index is -0.443. The maximum Gasteiger partial charge on any atom is 0.269 e. The molecule has 0 unspecified atom stereocenters. The van der Waals surface area contributed by atoms with Gasteiger partial charge in [0.05, 0.1) is 17.7 Å². The summed E-state index contributed by atoms with van der Waals surface area (Å²) in [4.78, 5) is 11.6. The summed E-state index contributed by atoms with van der Waals surface area (Å²) in [5.41, 5.74) is 2.12. The van der Waals surface area contributed by atoms with Gasteiger partial charge in [-0.05, 0) is 24.3 Å². The minimum absolute atomic E-state index is 0.0344. The molecule has 0 bridgehead atoms. The summed E-state index contributed by atoms with van der Waals surface area (Å²) in [6, 6.07) is 11.4. The van der Waals surface area contributed by atoms with Gasteiger partial charge >= 0.3 is 0 Å². The van der Waals surface area contributed by atoms with Crippen molar-refractivity contribution in [2.45, 2.75) is 0 Å². The van der Waals surface area contributed by atoms with E-state index in [2.05, 4.69) is 10.2 Å². The minimum Gasteiger partial charge on any atom is -0.497 e. The van der Waals surface area contributed by atoms with E-state index >= 15 is 0 Å². The Hall–Kier alpha value is -2.96. The predicted octanol–water partition coefficient (Wildman–Crippen LogP) is 2.34. The fourth-order valence-corrected chi connectivity index (χ4v) is 1.84. The summed E-state index contributed by atoms with van der Waals surface area (Å²) in [6.07, 6.45) is 0. The van der Waals surface area contributed by atoms with E-state index in [1.54, 1.807) is 31.4 Å². The highest BCUT2D eigenvalue weighted by molar-refractivity contribution is 5.75. The number of nitrogens with zero attached hydrogens (tertiary/aromatic N) is 4. The Morgan fingerprint density at radius 2 is 1.80 bits per heavy atom. The van der Waals surface area contributed by atoms with Crippen LogP contribution in [0.2, 0.25) is 0 Å². The molecule has 0 saturated carbocycles. The number of rotatable bonds is 3. The molecule has 100 valence electrons. The normalized spacial score (nSPS) is 10.7. The van der Waals surface area contributed by atoms with Gasteiger partial charge in [-0.3, -0.25) is 10.1 Å². The van der Waals surface area contributed by atoms with Gasteiger partial charge in [0.1, 0.15) is 16.8 Å². The largest absolute Gasteiger partial charge is 0.497 e. The van der Waals surface area contributed by atoms with Crippen molar-refractivity contribution in [1.29, 1.82) is 0 Å². The molecule has 0 aliphatic rings. The second-order valence-electron chi connectivity index (χ2n) is 4.12. The quantitative estimate of drug-likeness (QED) is 0.538. The SMILES string of the molecule is COc1ccc2nn(-c3ccc([N+](=O)[O-])cc3)nc2c1. The molecule has 3 aromatic rings. The zero-order valence-electron chi connectivity index (χ0n) is 10.6. The number of nitro groups is 1. The lowest BCUT2D eigenvalue weighted by Gasteiger charge is -1.97. The molecular weight excluding hydrogens is 260 g/mol. The van der Waals surface area contributed by atoms with Crippen LogP contribution in [-0.2, 0) is 0 Å². The number of ether oxygens (including phenoxy) is 1. The molecule has 1 heterocycles. The second-order valence-corrected chi connectivity index (χ2v) is 4.12. The molecule has 0 spiro atoms. The third-order valence-electron chi connectivity index (χ3n) is 2.88. The first-order chi connectivity index (χ1) is 9.67. The standard InChI is InChI=1S/C13H10N4O3/c1-20-11-6-7-12-13(8-11)15-16(14-12)9-2-4-10(5-3-9)17(18)19/h2-8H,1H3. The zero-order chi connectivity index (χ0) is 14.1. The molecule has 0 atom stereocenters. The molecule has 0 amide bonds. The summed E-state index contributed by atoms with van der Waals surface area (Å²) in [5, 5.41) is 19.2. The van der Waals surface area contributed by atoms with Crippen molar-refractivity contribution in [3.63, 3.8) is 0 Å². The Bertz CT molecular complexity index is 780. The van der Waals surface area contributed by atoms with Crippen LogP contribution in [0.3, 0.4) is 0 Å². The number of benzene rings is 2. The van der Waals surface area contributed by atoms with Crippen molar-refractivity contribution in [2.24, 2.45) is 0 Å². The second kappa shape index (κ2) is 4.61. The highest BCUT2D eigenvalue weighted by Gasteiger charge is 2.08. The number of hydrogen-bond donors (Lipinski definition) is 0. The third-order valence-corrected chi connectivity index (χ3v) is 2.88. The molecule has 0 radical (unpaired) electrons. The molecule has 7 nitrogen and oxygen atoms in total. The van der Waals surface area contributed by atoms with Gasteiger partial charge in [0, 0.05) is 18.2 Å². The van der Waals surface area contributed by atoms with E-state index in [0.717, 1.165) is 5.52 Å². The summed E-state index contributed by atoms with van der Waals surface area (Å²) in [6.45, 7) is 0. The molecule has 20 heavy (non-hydrogen) atoms. The van der Waals surface area contributed by atoms with E-state index in [9.17, 15) is 10.1 Å². The predicted molar refractivity (Wildman–Crippen MR) is 72.1 cm³/mol. The van der Waals surface area contributed by atoms with Gasteiger partial charge in [0.25, 0.3) is 5.69 Å². The Kier molecular flexibility index (Phi) is 2.79. The van der Waals surface area contributed by atoms with Gasteiger partial charge < -0.3 is 4.74 Å². The van der Waals surface area contributed by atoms with E-state index in [4.69, 9.17) is 4.74 Å². The van der Waals surface area contributed by atoms with E-state index in [-0.39, 0.29) is 5.69 Å². The van der Waals surface area contributed by atoms with Gasteiger partial charge in [-0.15, -0.1) is 10.2 Å². The Morgan fingerprint density at radius 3 is 2.45 bits per heavy atom. The van der Waals surface area contributed by atoms with E-state index < -0.39 is 4.92 Å². The van der Waals surface area contributed by atoms with Crippen molar-refractivity contribution in [3.8, 4) is 11.4 Å². The smallest absolute Gasteiger partial charge is 0.269 e. The van der Waals surface area contributed by atoms with Crippen LogP contribution in [0, 0.1) is 10.1 Å². The number of nitro benzene ring substituents is 1. The van der Waals surface area contributed by atoms with Crippen molar-refractivity contribution in [1.82, 2.24) is 15.0 Å². The monoisotopic (exact) mass is 270 g/mol. The van der Waals surface area contributed by atoms with Crippen molar-refractivity contribution in [3.05, 3.63) is 52.6 Å². The van der Waals surface area contributed by atoms with Crippen LogP contribution in [0.1, 0.15) is 0 Å². The number of aromatic nitrogens is 3. The van der Waals surface area contributed by atoms with Gasteiger partial charge in [-0.25, -0.2) is 0 Å². The van der Waals surface area contributed by atoms with Crippen LogP contribution >= 0.6 is 0 Å². The molecule has 2 aromatic carbocycles. The molecule has 0 saturated heterocycles. The molecule has 0 N–H and O–H groups in total. The topological polar surface area (TPSA) is 83.1 Å². The van der Waals surface area contributed by atoms with Gasteiger partial charge in [0.2, 0.25) is 0 Å². The summed E-state index contributed by atoms with van der Waals surface area (Å²) < 4.78 is 5.13. The number of fused-ring (bicyclic) bond motifs is 1. The molecule has 1 aromatic heterocycles. The first-order valence-corrected chi connectivity index (χ1v) is 5.83. The van der Waals surface area contributed by atoms with Crippen molar-refractivity contribution >= 4 is 16.7 Å². The van der Waals surface area contributed by atoms with Gasteiger partial charge in [0.15, 0.2) is 0 Å². The van der Waals surface area contributed by atoms with Crippen LogP contribution in [0.5, 0.6) is 5.75 Å². The Balaban J connectivity index is 2.03.